The number of carbonyl (C=O) groups is 1. The minimum absolute atomic E-state index is 0.0350. The molecule has 0 aliphatic rings. The Balaban J connectivity index is 2.79. The molecule has 1 amide bonds. The molecule has 136 valence electrons. The number of halogens is 2. The van der Waals surface area contributed by atoms with Crippen LogP contribution in [0.2, 0.25) is 0 Å². The van der Waals surface area contributed by atoms with Gasteiger partial charge in [0.25, 0.3) is 0 Å². The van der Waals surface area contributed by atoms with Gasteiger partial charge < -0.3 is 24.8 Å². The number of benzene rings is 1. The molecule has 1 aromatic carbocycles. The van der Waals surface area contributed by atoms with Crippen molar-refractivity contribution in [2.24, 2.45) is 5.73 Å². The molecule has 24 heavy (non-hydrogen) atoms. The Morgan fingerprint density at radius 1 is 1.33 bits per heavy atom. The van der Waals surface area contributed by atoms with Crippen LogP contribution in [0.1, 0.15) is 18.9 Å². The second kappa shape index (κ2) is 10.0. The van der Waals surface area contributed by atoms with Crippen LogP contribution in [-0.2, 0) is 16.1 Å². The number of rotatable bonds is 10. The van der Waals surface area contributed by atoms with Gasteiger partial charge in [-0.05, 0) is 24.6 Å². The van der Waals surface area contributed by atoms with Crippen LogP contribution in [0.15, 0.2) is 18.2 Å². The molecule has 8 heteroatoms. The summed E-state index contributed by atoms with van der Waals surface area (Å²) in [6.45, 7) is -0.323. The van der Waals surface area contributed by atoms with Gasteiger partial charge in [-0.15, -0.1) is 0 Å². The van der Waals surface area contributed by atoms with Crippen molar-refractivity contribution in [2.45, 2.75) is 32.6 Å². The van der Waals surface area contributed by atoms with Crippen molar-refractivity contribution in [3.63, 3.8) is 0 Å². The minimum atomic E-state index is -2.93. The van der Waals surface area contributed by atoms with Gasteiger partial charge in [-0.1, -0.05) is 6.07 Å². The first-order chi connectivity index (χ1) is 11.4. The van der Waals surface area contributed by atoms with Crippen LogP contribution in [0.25, 0.3) is 0 Å². The van der Waals surface area contributed by atoms with E-state index in [4.69, 9.17) is 15.2 Å². The lowest BCUT2D eigenvalue weighted by Gasteiger charge is -2.21. The van der Waals surface area contributed by atoms with Crippen LogP contribution in [0.3, 0.4) is 0 Å². The number of hydrogen-bond acceptors (Lipinski definition) is 5. The van der Waals surface area contributed by atoms with E-state index in [9.17, 15) is 13.6 Å². The minimum Gasteiger partial charge on any atom is -0.490 e. The van der Waals surface area contributed by atoms with Crippen LogP contribution in [0.4, 0.5) is 8.78 Å². The Morgan fingerprint density at radius 2 is 2.04 bits per heavy atom. The van der Waals surface area contributed by atoms with Gasteiger partial charge in [-0.3, -0.25) is 4.79 Å². The first kappa shape index (κ1) is 20.1. The second-order valence-electron chi connectivity index (χ2n) is 5.14. The molecule has 0 aliphatic carbocycles. The highest BCUT2D eigenvalue weighted by Gasteiger charge is 2.17. The average molecular weight is 346 g/mol. The summed E-state index contributed by atoms with van der Waals surface area (Å²) in [6, 6.07) is 4.60. The van der Waals surface area contributed by atoms with E-state index in [1.165, 1.54) is 18.1 Å². The molecule has 0 heterocycles. The van der Waals surface area contributed by atoms with E-state index in [0.29, 0.717) is 13.2 Å². The molecule has 0 saturated heterocycles. The largest absolute Gasteiger partial charge is 0.490 e. The predicted octanol–water partition coefficient (Wildman–Crippen LogP) is 2.01. The van der Waals surface area contributed by atoms with E-state index in [1.807, 2.05) is 0 Å². The Kier molecular flexibility index (Phi) is 8.42. The standard InChI is InChI=1S/C16H24F2N2O4/c1-4-23-14-7-11(5-6-13(14)24-16(17)18)10-20(2)15(21)8-12(9-19)22-3/h5-7,12,16H,4,8-10,19H2,1-3H3. The summed E-state index contributed by atoms with van der Waals surface area (Å²) >= 11 is 0. The first-order valence-electron chi connectivity index (χ1n) is 7.58. The van der Waals surface area contributed by atoms with Gasteiger partial charge in [-0.2, -0.15) is 8.78 Å². The fraction of sp³-hybridized carbons (Fsp3) is 0.562. The van der Waals surface area contributed by atoms with Crippen molar-refractivity contribution in [2.75, 3.05) is 27.3 Å². The molecule has 0 radical (unpaired) electrons. The SMILES string of the molecule is CCOc1cc(CN(C)C(=O)CC(CN)OC)ccc1OC(F)F. The van der Waals surface area contributed by atoms with E-state index in [-0.39, 0.29) is 36.5 Å². The molecule has 2 N–H and O–H groups in total. The number of alkyl halides is 2. The third kappa shape index (κ3) is 6.29. The average Bonchev–Trinajstić information content (AvgIpc) is 2.54. The normalized spacial score (nSPS) is 12.1. The van der Waals surface area contributed by atoms with Gasteiger partial charge in [0, 0.05) is 27.2 Å². The third-order valence-electron chi connectivity index (χ3n) is 3.37. The Bertz CT molecular complexity index is 525. The molecule has 1 aromatic rings. The maximum absolute atomic E-state index is 12.4. The Labute approximate surface area is 140 Å². The van der Waals surface area contributed by atoms with Crippen LogP contribution in [-0.4, -0.2) is 50.8 Å². The van der Waals surface area contributed by atoms with Gasteiger partial charge in [0.2, 0.25) is 5.91 Å². The molecule has 0 aromatic heterocycles. The van der Waals surface area contributed by atoms with Gasteiger partial charge >= 0.3 is 6.61 Å². The smallest absolute Gasteiger partial charge is 0.387 e. The van der Waals surface area contributed by atoms with Crippen LogP contribution in [0.5, 0.6) is 11.5 Å². The fourth-order valence-electron chi connectivity index (χ4n) is 2.09. The molecule has 0 saturated carbocycles. The number of nitrogens with zero attached hydrogens (tertiary/aromatic N) is 1. The first-order valence-corrected chi connectivity index (χ1v) is 7.58. The molecule has 0 aliphatic heterocycles. The van der Waals surface area contributed by atoms with Crippen LogP contribution >= 0.6 is 0 Å². The lowest BCUT2D eigenvalue weighted by molar-refractivity contribution is -0.132. The summed E-state index contributed by atoms with van der Waals surface area (Å²) in [5.41, 5.74) is 6.24. The van der Waals surface area contributed by atoms with Crippen molar-refractivity contribution in [3.05, 3.63) is 23.8 Å². The van der Waals surface area contributed by atoms with Crippen molar-refractivity contribution in [3.8, 4) is 11.5 Å². The van der Waals surface area contributed by atoms with Crippen molar-refractivity contribution in [1.29, 1.82) is 0 Å². The van der Waals surface area contributed by atoms with Gasteiger partial charge in [-0.25, -0.2) is 0 Å². The van der Waals surface area contributed by atoms with Crippen LogP contribution in [0, 0.1) is 0 Å². The van der Waals surface area contributed by atoms with E-state index >= 15 is 0 Å². The van der Waals surface area contributed by atoms with Gasteiger partial charge in [0.1, 0.15) is 0 Å². The van der Waals surface area contributed by atoms with E-state index in [0.717, 1.165) is 5.56 Å². The molecular weight excluding hydrogens is 322 g/mol. The number of nitrogens with two attached hydrogens (primary N) is 1. The quantitative estimate of drug-likeness (QED) is 0.701. The number of methoxy groups -OCH3 is 1. The van der Waals surface area contributed by atoms with Crippen molar-refractivity contribution in [1.82, 2.24) is 4.90 Å². The van der Waals surface area contributed by atoms with Crippen molar-refractivity contribution >= 4 is 5.91 Å². The zero-order chi connectivity index (χ0) is 18.1. The van der Waals surface area contributed by atoms with Crippen molar-refractivity contribution < 1.29 is 27.8 Å². The summed E-state index contributed by atoms with van der Waals surface area (Å²) in [6.07, 6.45) is -0.158. The number of carbonyl (C=O) groups excluding carboxylic acids is 1. The molecule has 0 spiro atoms. The van der Waals surface area contributed by atoms with Crippen LogP contribution < -0.4 is 15.2 Å². The molecule has 0 fully saturated rings. The Hall–Kier alpha value is -1.93. The summed E-state index contributed by atoms with van der Waals surface area (Å²) in [5, 5.41) is 0. The lowest BCUT2D eigenvalue weighted by atomic mass is 10.1. The zero-order valence-electron chi connectivity index (χ0n) is 14.1. The highest BCUT2D eigenvalue weighted by Crippen LogP contribution is 2.30. The van der Waals surface area contributed by atoms with Gasteiger partial charge in [0.05, 0.1) is 19.1 Å². The Morgan fingerprint density at radius 3 is 2.58 bits per heavy atom. The molecule has 0 bridgehead atoms. The molecule has 1 rings (SSSR count). The molecule has 6 nitrogen and oxygen atoms in total. The fourth-order valence-corrected chi connectivity index (χ4v) is 2.09. The van der Waals surface area contributed by atoms with E-state index < -0.39 is 6.61 Å². The molecular formula is C16H24F2N2O4. The maximum Gasteiger partial charge on any atom is 0.387 e. The maximum atomic E-state index is 12.4. The van der Waals surface area contributed by atoms with E-state index in [1.54, 1.807) is 26.1 Å². The summed E-state index contributed by atoms with van der Waals surface area (Å²) in [7, 11) is 3.15. The van der Waals surface area contributed by atoms with E-state index in [2.05, 4.69) is 4.74 Å². The summed E-state index contributed by atoms with van der Waals surface area (Å²) < 4.78 is 39.6. The second-order valence-corrected chi connectivity index (χ2v) is 5.14. The number of hydrogen-bond donors (Lipinski definition) is 1. The topological polar surface area (TPSA) is 74.0 Å². The molecule has 1 atom stereocenters. The van der Waals surface area contributed by atoms with Gasteiger partial charge in [0.15, 0.2) is 11.5 Å². The number of ether oxygens (including phenoxy) is 3. The monoisotopic (exact) mass is 346 g/mol. The predicted molar refractivity (Wildman–Crippen MR) is 85.2 cm³/mol. The lowest BCUT2D eigenvalue weighted by Crippen LogP contribution is -2.33. The molecule has 1 unspecified atom stereocenters. The summed E-state index contributed by atoms with van der Waals surface area (Å²) in [5.74, 6) is 0.0539. The highest BCUT2D eigenvalue weighted by molar-refractivity contribution is 5.76. The third-order valence-corrected chi connectivity index (χ3v) is 3.37. The summed E-state index contributed by atoms with van der Waals surface area (Å²) in [4.78, 5) is 13.6. The zero-order valence-corrected chi connectivity index (χ0v) is 14.1. The number of amides is 1. The highest BCUT2D eigenvalue weighted by atomic mass is 19.3.